The lowest BCUT2D eigenvalue weighted by Gasteiger charge is -2.19. The SMILES string of the molecule is NC1CCC2CN(C(=O)COc3ccc4ccccc4c3Br)CC12. The zero-order chi connectivity index (χ0) is 16.7. The molecule has 0 radical (unpaired) electrons. The number of hydrogen-bond acceptors (Lipinski definition) is 3. The molecule has 2 fully saturated rings. The third kappa shape index (κ3) is 2.80. The van der Waals surface area contributed by atoms with Gasteiger partial charge in [-0.2, -0.15) is 0 Å². The first-order valence-corrected chi connectivity index (χ1v) is 9.26. The van der Waals surface area contributed by atoms with Gasteiger partial charge in [-0.25, -0.2) is 0 Å². The fourth-order valence-corrected chi connectivity index (χ4v) is 4.67. The Hall–Kier alpha value is -1.59. The Morgan fingerprint density at radius 3 is 2.88 bits per heavy atom. The van der Waals surface area contributed by atoms with Gasteiger partial charge in [-0.15, -0.1) is 0 Å². The van der Waals surface area contributed by atoms with Gasteiger partial charge in [0.15, 0.2) is 6.61 Å². The molecule has 0 bridgehead atoms. The summed E-state index contributed by atoms with van der Waals surface area (Å²) in [7, 11) is 0. The molecule has 0 spiro atoms. The van der Waals surface area contributed by atoms with Gasteiger partial charge in [-0.05, 0) is 57.4 Å². The number of halogens is 1. The van der Waals surface area contributed by atoms with Crippen molar-refractivity contribution >= 4 is 32.6 Å². The Morgan fingerprint density at radius 2 is 2.04 bits per heavy atom. The summed E-state index contributed by atoms with van der Waals surface area (Å²) in [6, 6.07) is 12.3. The fraction of sp³-hybridized carbons (Fsp3) is 0.421. The summed E-state index contributed by atoms with van der Waals surface area (Å²) in [6.45, 7) is 1.69. The van der Waals surface area contributed by atoms with Crippen molar-refractivity contribution in [3.05, 3.63) is 40.9 Å². The number of benzene rings is 2. The van der Waals surface area contributed by atoms with Crippen molar-refractivity contribution in [2.75, 3.05) is 19.7 Å². The molecule has 1 aliphatic carbocycles. The maximum absolute atomic E-state index is 12.5. The summed E-state index contributed by atoms with van der Waals surface area (Å²) in [4.78, 5) is 14.4. The second kappa shape index (κ2) is 6.37. The molecule has 2 aromatic carbocycles. The van der Waals surface area contributed by atoms with Crippen LogP contribution in [0.25, 0.3) is 10.8 Å². The van der Waals surface area contributed by atoms with Gasteiger partial charge >= 0.3 is 0 Å². The van der Waals surface area contributed by atoms with Gasteiger partial charge in [-0.3, -0.25) is 4.79 Å². The van der Waals surface area contributed by atoms with E-state index < -0.39 is 0 Å². The van der Waals surface area contributed by atoms with E-state index in [1.165, 1.54) is 0 Å². The van der Waals surface area contributed by atoms with E-state index in [1.54, 1.807) is 0 Å². The van der Waals surface area contributed by atoms with E-state index in [0.717, 1.165) is 41.2 Å². The first-order chi connectivity index (χ1) is 11.6. The summed E-state index contributed by atoms with van der Waals surface area (Å²) >= 11 is 3.60. The number of hydrogen-bond donors (Lipinski definition) is 1. The zero-order valence-electron chi connectivity index (χ0n) is 13.5. The number of nitrogens with zero attached hydrogens (tertiary/aromatic N) is 1. The highest BCUT2D eigenvalue weighted by Crippen LogP contribution is 2.37. The van der Waals surface area contributed by atoms with E-state index in [1.807, 2.05) is 35.2 Å². The topological polar surface area (TPSA) is 55.6 Å². The van der Waals surface area contributed by atoms with Crippen LogP contribution in [0.3, 0.4) is 0 Å². The second-order valence-electron chi connectivity index (χ2n) is 6.85. The van der Waals surface area contributed by atoms with Gasteiger partial charge in [0.1, 0.15) is 5.75 Å². The number of rotatable bonds is 3. The molecule has 1 saturated heterocycles. The van der Waals surface area contributed by atoms with Gasteiger partial charge in [0, 0.05) is 19.1 Å². The van der Waals surface area contributed by atoms with Crippen molar-refractivity contribution < 1.29 is 9.53 Å². The average Bonchev–Trinajstić information content (AvgIpc) is 3.17. The van der Waals surface area contributed by atoms with Crippen molar-refractivity contribution in [2.24, 2.45) is 17.6 Å². The molecule has 3 unspecified atom stereocenters. The van der Waals surface area contributed by atoms with Crippen LogP contribution < -0.4 is 10.5 Å². The highest BCUT2D eigenvalue weighted by molar-refractivity contribution is 9.10. The maximum atomic E-state index is 12.5. The normalized spacial score (nSPS) is 25.9. The molecule has 4 rings (SSSR count). The standard InChI is InChI=1S/C19H21BrN2O2/c20-19-14-4-2-1-3-12(14)6-8-17(19)24-11-18(23)22-9-13-5-7-16(21)15(13)10-22/h1-4,6,8,13,15-16H,5,7,9-11,21H2. The summed E-state index contributed by atoms with van der Waals surface area (Å²) < 4.78 is 6.70. The summed E-state index contributed by atoms with van der Waals surface area (Å²) in [5.74, 6) is 1.81. The molecule has 5 heteroatoms. The molecule has 1 saturated carbocycles. The van der Waals surface area contributed by atoms with Crippen molar-refractivity contribution in [1.29, 1.82) is 0 Å². The predicted molar refractivity (Wildman–Crippen MR) is 97.9 cm³/mol. The van der Waals surface area contributed by atoms with E-state index in [4.69, 9.17) is 10.5 Å². The summed E-state index contributed by atoms with van der Waals surface area (Å²) in [5.41, 5.74) is 6.14. The van der Waals surface area contributed by atoms with Crippen LogP contribution in [0, 0.1) is 11.8 Å². The molecule has 1 amide bonds. The lowest BCUT2D eigenvalue weighted by molar-refractivity contribution is -0.132. The molecule has 1 heterocycles. The predicted octanol–water partition coefficient (Wildman–Crippen LogP) is 3.18. The number of amides is 1. The molecule has 126 valence electrons. The number of carbonyl (C=O) groups excluding carboxylic acids is 1. The lowest BCUT2D eigenvalue weighted by Crippen LogP contribution is -2.36. The maximum Gasteiger partial charge on any atom is 0.260 e. The minimum atomic E-state index is 0.0525. The van der Waals surface area contributed by atoms with Crippen LogP contribution in [-0.2, 0) is 4.79 Å². The Balaban J connectivity index is 1.42. The van der Waals surface area contributed by atoms with E-state index in [9.17, 15) is 4.79 Å². The number of fused-ring (bicyclic) bond motifs is 2. The zero-order valence-corrected chi connectivity index (χ0v) is 15.0. The Morgan fingerprint density at radius 1 is 1.21 bits per heavy atom. The Kier molecular flexibility index (Phi) is 4.22. The minimum absolute atomic E-state index is 0.0525. The number of likely N-dealkylation sites (tertiary alicyclic amines) is 1. The highest BCUT2D eigenvalue weighted by atomic mass is 79.9. The van der Waals surface area contributed by atoms with E-state index in [2.05, 4.69) is 22.0 Å². The van der Waals surface area contributed by atoms with E-state index in [0.29, 0.717) is 17.6 Å². The van der Waals surface area contributed by atoms with Crippen LogP contribution >= 0.6 is 15.9 Å². The smallest absolute Gasteiger partial charge is 0.260 e. The molecular formula is C19H21BrN2O2. The van der Waals surface area contributed by atoms with Gasteiger partial charge in [-0.1, -0.05) is 30.3 Å². The largest absolute Gasteiger partial charge is 0.483 e. The van der Waals surface area contributed by atoms with Gasteiger partial charge in [0.05, 0.1) is 4.47 Å². The van der Waals surface area contributed by atoms with E-state index in [-0.39, 0.29) is 18.6 Å². The van der Waals surface area contributed by atoms with Crippen molar-refractivity contribution in [2.45, 2.75) is 18.9 Å². The molecule has 2 aliphatic rings. The van der Waals surface area contributed by atoms with Crippen LogP contribution in [-0.4, -0.2) is 36.5 Å². The molecular weight excluding hydrogens is 368 g/mol. The van der Waals surface area contributed by atoms with Crippen molar-refractivity contribution in [3.63, 3.8) is 0 Å². The molecule has 24 heavy (non-hydrogen) atoms. The number of carbonyl (C=O) groups is 1. The van der Waals surface area contributed by atoms with Gasteiger partial charge in [0.25, 0.3) is 5.91 Å². The van der Waals surface area contributed by atoms with Gasteiger partial charge in [0.2, 0.25) is 0 Å². The van der Waals surface area contributed by atoms with Crippen molar-refractivity contribution in [3.8, 4) is 5.75 Å². The monoisotopic (exact) mass is 388 g/mol. The third-order valence-electron chi connectivity index (χ3n) is 5.44. The molecule has 4 nitrogen and oxygen atoms in total. The Bertz CT molecular complexity index is 779. The van der Waals surface area contributed by atoms with Crippen LogP contribution in [0.2, 0.25) is 0 Å². The molecule has 3 atom stereocenters. The second-order valence-corrected chi connectivity index (χ2v) is 7.64. The molecule has 0 aromatic heterocycles. The number of nitrogens with two attached hydrogens (primary N) is 1. The summed E-state index contributed by atoms with van der Waals surface area (Å²) in [5, 5.41) is 2.23. The molecule has 1 aliphatic heterocycles. The quantitative estimate of drug-likeness (QED) is 0.878. The van der Waals surface area contributed by atoms with Crippen LogP contribution in [0.15, 0.2) is 40.9 Å². The fourth-order valence-electron chi connectivity index (χ4n) is 4.07. The van der Waals surface area contributed by atoms with Gasteiger partial charge < -0.3 is 15.4 Å². The third-order valence-corrected chi connectivity index (χ3v) is 6.26. The lowest BCUT2D eigenvalue weighted by atomic mass is 9.98. The number of ether oxygens (including phenoxy) is 1. The Labute approximate surface area is 150 Å². The summed E-state index contributed by atoms with van der Waals surface area (Å²) in [6.07, 6.45) is 2.24. The average molecular weight is 389 g/mol. The highest BCUT2D eigenvalue weighted by Gasteiger charge is 2.42. The molecule has 2 aromatic rings. The van der Waals surface area contributed by atoms with Crippen LogP contribution in [0.5, 0.6) is 5.75 Å². The first kappa shape index (κ1) is 15.9. The van der Waals surface area contributed by atoms with E-state index >= 15 is 0 Å². The van der Waals surface area contributed by atoms with Crippen LogP contribution in [0.1, 0.15) is 12.8 Å². The van der Waals surface area contributed by atoms with Crippen LogP contribution in [0.4, 0.5) is 0 Å². The first-order valence-electron chi connectivity index (χ1n) is 8.47. The van der Waals surface area contributed by atoms with Crippen molar-refractivity contribution in [1.82, 2.24) is 4.90 Å². The minimum Gasteiger partial charge on any atom is -0.483 e. The molecule has 2 N–H and O–H groups in total.